The van der Waals surface area contributed by atoms with Gasteiger partial charge in [0.05, 0.1) is 7.11 Å². The standard InChI is InChI=1S/C16H34O4Si/c1-6-10-11-12-13-14-15(16(17)18-5)19-20-21(7-2,8-3)9-4/h15H,6-14H2,1-5H3. The molecule has 0 spiro atoms. The van der Waals surface area contributed by atoms with E-state index < -0.39 is 14.4 Å². The lowest BCUT2D eigenvalue weighted by Gasteiger charge is -2.28. The van der Waals surface area contributed by atoms with Gasteiger partial charge in [0.15, 0.2) is 6.10 Å². The Morgan fingerprint density at radius 3 is 2.00 bits per heavy atom. The van der Waals surface area contributed by atoms with Crippen LogP contribution in [0.15, 0.2) is 0 Å². The van der Waals surface area contributed by atoms with Crippen molar-refractivity contribution in [3.63, 3.8) is 0 Å². The number of unbranched alkanes of at least 4 members (excludes halogenated alkanes) is 4. The van der Waals surface area contributed by atoms with Gasteiger partial charge in [0.2, 0.25) is 8.32 Å². The Balaban J connectivity index is 4.32. The molecule has 21 heavy (non-hydrogen) atoms. The molecule has 0 rings (SSSR count). The fourth-order valence-electron chi connectivity index (χ4n) is 2.36. The molecule has 0 radical (unpaired) electrons. The lowest BCUT2D eigenvalue weighted by atomic mass is 10.1. The lowest BCUT2D eigenvalue weighted by Crippen LogP contribution is -2.39. The number of ether oxygens (including phenoxy) is 1. The summed E-state index contributed by atoms with van der Waals surface area (Å²) in [5.74, 6) is -0.322. The first-order valence-corrected chi connectivity index (χ1v) is 11.0. The average molecular weight is 319 g/mol. The summed E-state index contributed by atoms with van der Waals surface area (Å²) in [7, 11) is -0.426. The zero-order valence-corrected chi connectivity index (χ0v) is 15.6. The largest absolute Gasteiger partial charge is 0.467 e. The quantitative estimate of drug-likeness (QED) is 0.160. The summed E-state index contributed by atoms with van der Waals surface area (Å²) in [5, 5.41) is 0. The minimum absolute atomic E-state index is 0.322. The van der Waals surface area contributed by atoms with Gasteiger partial charge in [-0.3, -0.25) is 4.58 Å². The van der Waals surface area contributed by atoms with Gasteiger partial charge in [-0.1, -0.05) is 59.8 Å². The molecule has 0 amide bonds. The van der Waals surface area contributed by atoms with E-state index in [1.807, 2.05) is 0 Å². The number of carbonyl (C=O) groups excluding carboxylic acids is 1. The van der Waals surface area contributed by atoms with Crippen LogP contribution in [0.1, 0.15) is 66.2 Å². The fraction of sp³-hybridized carbons (Fsp3) is 0.938. The first kappa shape index (κ1) is 20.6. The van der Waals surface area contributed by atoms with E-state index in [1.165, 1.54) is 26.4 Å². The van der Waals surface area contributed by atoms with Crippen LogP contribution in [0.2, 0.25) is 18.1 Å². The Kier molecular flexibility index (Phi) is 12.0. The molecular formula is C16H34O4Si. The molecule has 0 aliphatic heterocycles. The third-order valence-electron chi connectivity index (χ3n) is 4.31. The predicted octanol–water partition coefficient (Wildman–Crippen LogP) is 4.84. The fourth-order valence-corrected chi connectivity index (χ4v) is 4.53. The van der Waals surface area contributed by atoms with Gasteiger partial charge in [-0.05, 0) is 24.6 Å². The number of carbonyl (C=O) groups is 1. The maximum absolute atomic E-state index is 11.8. The molecule has 5 heteroatoms. The summed E-state index contributed by atoms with van der Waals surface area (Å²) in [5.41, 5.74) is 0. The molecule has 0 aromatic heterocycles. The maximum atomic E-state index is 11.8. The highest BCUT2D eigenvalue weighted by molar-refractivity contribution is 6.73. The Morgan fingerprint density at radius 2 is 1.52 bits per heavy atom. The molecule has 1 atom stereocenters. The monoisotopic (exact) mass is 318 g/mol. The van der Waals surface area contributed by atoms with Crippen LogP contribution in [0, 0.1) is 0 Å². The lowest BCUT2D eigenvalue weighted by molar-refractivity contribution is -0.260. The number of methoxy groups -OCH3 is 1. The summed E-state index contributed by atoms with van der Waals surface area (Å²) in [6, 6.07) is 3.01. The molecule has 0 aliphatic carbocycles. The summed E-state index contributed by atoms with van der Waals surface area (Å²) in [6.45, 7) is 8.61. The molecule has 1 unspecified atom stereocenters. The molecule has 0 saturated heterocycles. The van der Waals surface area contributed by atoms with Crippen molar-refractivity contribution in [2.45, 2.75) is 90.5 Å². The molecule has 0 aromatic rings. The molecule has 0 bridgehead atoms. The number of esters is 1. The van der Waals surface area contributed by atoms with Crippen molar-refractivity contribution in [3.05, 3.63) is 0 Å². The summed E-state index contributed by atoms with van der Waals surface area (Å²) < 4.78 is 10.6. The second-order valence-electron chi connectivity index (χ2n) is 5.64. The van der Waals surface area contributed by atoms with Crippen molar-refractivity contribution < 1.29 is 19.0 Å². The Morgan fingerprint density at radius 1 is 0.952 bits per heavy atom. The second kappa shape index (κ2) is 12.2. The van der Waals surface area contributed by atoms with Gasteiger partial charge in [0.1, 0.15) is 0 Å². The van der Waals surface area contributed by atoms with Crippen LogP contribution in [0.4, 0.5) is 0 Å². The first-order chi connectivity index (χ1) is 10.1. The van der Waals surface area contributed by atoms with Crippen molar-refractivity contribution in [3.8, 4) is 0 Å². The molecule has 0 aromatic carbocycles. The average Bonchev–Trinajstić information content (AvgIpc) is 2.53. The SMILES string of the molecule is CCCCCCCC(OO[Si](CC)(CC)CC)C(=O)OC. The highest BCUT2D eigenvalue weighted by atomic mass is 28.4. The zero-order valence-electron chi connectivity index (χ0n) is 14.6. The summed E-state index contributed by atoms with van der Waals surface area (Å²) in [6.07, 6.45) is 5.88. The smallest absolute Gasteiger partial charge is 0.338 e. The van der Waals surface area contributed by atoms with Crippen LogP contribution in [0.3, 0.4) is 0 Å². The molecule has 4 nitrogen and oxygen atoms in total. The minimum atomic E-state index is -1.83. The summed E-state index contributed by atoms with van der Waals surface area (Å²) >= 11 is 0. The first-order valence-electron chi connectivity index (χ1n) is 8.51. The highest BCUT2D eigenvalue weighted by Crippen LogP contribution is 2.23. The van der Waals surface area contributed by atoms with Crippen LogP contribution < -0.4 is 0 Å². The number of hydrogen-bond acceptors (Lipinski definition) is 4. The van der Waals surface area contributed by atoms with Crippen LogP contribution in [-0.4, -0.2) is 27.5 Å². The maximum Gasteiger partial charge on any atom is 0.338 e. The van der Waals surface area contributed by atoms with E-state index in [9.17, 15) is 4.79 Å². The van der Waals surface area contributed by atoms with Crippen molar-refractivity contribution in [1.29, 1.82) is 0 Å². The van der Waals surface area contributed by atoms with E-state index in [0.717, 1.165) is 31.0 Å². The highest BCUT2D eigenvalue weighted by Gasteiger charge is 2.33. The zero-order chi connectivity index (χ0) is 16.1. The predicted molar refractivity (Wildman–Crippen MR) is 88.5 cm³/mol. The van der Waals surface area contributed by atoms with Gasteiger partial charge < -0.3 is 4.74 Å². The summed E-state index contributed by atoms with van der Waals surface area (Å²) in [4.78, 5) is 17.3. The number of hydrogen-bond donors (Lipinski definition) is 0. The molecular weight excluding hydrogens is 284 g/mol. The van der Waals surface area contributed by atoms with Crippen LogP contribution in [0.5, 0.6) is 0 Å². The van der Waals surface area contributed by atoms with E-state index in [1.54, 1.807) is 0 Å². The van der Waals surface area contributed by atoms with Crippen LogP contribution in [-0.2, 0) is 19.0 Å². The van der Waals surface area contributed by atoms with Gasteiger partial charge in [0.25, 0.3) is 0 Å². The molecule has 0 aliphatic rings. The third kappa shape index (κ3) is 7.98. The van der Waals surface area contributed by atoms with Gasteiger partial charge in [-0.25, -0.2) is 9.68 Å². The van der Waals surface area contributed by atoms with Crippen molar-refractivity contribution >= 4 is 14.3 Å². The molecule has 0 saturated carbocycles. The van der Waals surface area contributed by atoms with E-state index in [2.05, 4.69) is 27.7 Å². The minimum Gasteiger partial charge on any atom is -0.467 e. The van der Waals surface area contributed by atoms with Gasteiger partial charge in [-0.2, -0.15) is 0 Å². The van der Waals surface area contributed by atoms with Crippen molar-refractivity contribution in [2.75, 3.05) is 7.11 Å². The van der Waals surface area contributed by atoms with E-state index in [0.29, 0.717) is 6.42 Å². The van der Waals surface area contributed by atoms with E-state index >= 15 is 0 Å². The Hall–Kier alpha value is -0.393. The molecule has 0 heterocycles. The van der Waals surface area contributed by atoms with Crippen LogP contribution in [0.25, 0.3) is 0 Å². The van der Waals surface area contributed by atoms with Crippen molar-refractivity contribution in [2.24, 2.45) is 0 Å². The van der Waals surface area contributed by atoms with Crippen LogP contribution >= 0.6 is 0 Å². The number of rotatable bonds is 13. The third-order valence-corrected chi connectivity index (χ3v) is 8.62. The van der Waals surface area contributed by atoms with E-state index in [-0.39, 0.29) is 5.97 Å². The van der Waals surface area contributed by atoms with Gasteiger partial charge >= 0.3 is 5.97 Å². The van der Waals surface area contributed by atoms with E-state index in [4.69, 9.17) is 14.2 Å². The van der Waals surface area contributed by atoms with Gasteiger partial charge in [0, 0.05) is 0 Å². The Bertz CT molecular complexity index is 259. The molecule has 0 fully saturated rings. The Labute approximate surface area is 131 Å². The van der Waals surface area contributed by atoms with Gasteiger partial charge in [-0.15, -0.1) is 0 Å². The molecule has 126 valence electrons. The molecule has 0 N–H and O–H groups in total. The van der Waals surface area contributed by atoms with Crippen molar-refractivity contribution in [1.82, 2.24) is 0 Å². The topological polar surface area (TPSA) is 44.8 Å². The normalized spacial score (nSPS) is 13.2. The second-order valence-corrected chi connectivity index (χ2v) is 10.3.